The van der Waals surface area contributed by atoms with Crippen molar-refractivity contribution in [2.45, 2.75) is 37.4 Å². The molecule has 0 unspecified atom stereocenters. The van der Waals surface area contributed by atoms with E-state index >= 15 is 0 Å². The number of aromatic nitrogens is 3. The van der Waals surface area contributed by atoms with Gasteiger partial charge in [-0.05, 0) is 37.9 Å². The molecule has 1 aliphatic rings. The van der Waals surface area contributed by atoms with Crippen LogP contribution in [0.25, 0.3) is 11.0 Å². The minimum Gasteiger partial charge on any atom is -0.290 e. The molecule has 1 fully saturated rings. The molecule has 0 spiro atoms. The first-order chi connectivity index (χ1) is 9.11. The van der Waals surface area contributed by atoms with Crippen molar-refractivity contribution in [1.82, 2.24) is 14.5 Å². The lowest BCUT2D eigenvalue weighted by Crippen LogP contribution is -2.39. The zero-order valence-corrected chi connectivity index (χ0v) is 12.3. The van der Waals surface area contributed by atoms with E-state index < -0.39 is 0 Å². The Labute approximate surface area is 117 Å². The van der Waals surface area contributed by atoms with Gasteiger partial charge >= 0.3 is 0 Å². The van der Waals surface area contributed by atoms with E-state index in [1.807, 2.05) is 31.7 Å². The largest absolute Gasteiger partial charge is 0.290 e. The maximum absolute atomic E-state index is 12.4. The molecule has 2 aromatic rings. The number of rotatable bonds is 2. The summed E-state index contributed by atoms with van der Waals surface area (Å²) in [5.41, 5.74) is 2.63. The van der Waals surface area contributed by atoms with E-state index in [2.05, 4.69) is 9.97 Å². The molecule has 2 heterocycles. The highest BCUT2D eigenvalue weighted by Gasteiger charge is 2.24. The van der Waals surface area contributed by atoms with Gasteiger partial charge in [0.05, 0.1) is 5.69 Å². The summed E-state index contributed by atoms with van der Waals surface area (Å²) >= 11 is 1.52. The van der Waals surface area contributed by atoms with Crippen molar-refractivity contribution >= 4 is 36.1 Å². The molecule has 0 atom stereocenters. The molecule has 0 saturated heterocycles. The summed E-state index contributed by atoms with van der Waals surface area (Å²) < 4.78 is 1.89. The molecule has 98 valence electrons. The Morgan fingerprint density at radius 3 is 2.74 bits per heavy atom. The van der Waals surface area contributed by atoms with E-state index in [9.17, 15) is 4.79 Å². The van der Waals surface area contributed by atoms with Crippen molar-refractivity contribution < 1.29 is 0 Å². The maximum Gasteiger partial charge on any atom is 0.246 e. The third-order valence-corrected chi connectivity index (χ3v) is 4.41. The average Bonchev–Trinajstić information content (AvgIpc) is 2.33. The molecule has 0 bridgehead atoms. The van der Waals surface area contributed by atoms with Crippen molar-refractivity contribution in [1.29, 1.82) is 0 Å². The van der Waals surface area contributed by atoms with Gasteiger partial charge in [0.1, 0.15) is 13.5 Å². The highest BCUT2D eigenvalue weighted by atomic mass is 32.2. The van der Waals surface area contributed by atoms with Crippen LogP contribution in [0.3, 0.4) is 0 Å². The summed E-state index contributed by atoms with van der Waals surface area (Å²) in [6.45, 7) is 1.98. The molecular formula is C13H16BN3OS. The first-order valence-electron chi connectivity index (χ1n) is 6.56. The monoisotopic (exact) mass is 273 g/mol. The minimum atomic E-state index is 0.0994. The van der Waals surface area contributed by atoms with Gasteiger partial charge in [0.15, 0.2) is 5.16 Å². The van der Waals surface area contributed by atoms with Crippen LogP contribution in [0.1, 0.15) is 31.0 Å². The van der Waals surface area contributed by atoms with Crippen LogP contribution in [0.4, 0.5) is 0 Å². The molecule has 0 N–H and O–H groups in total. The van der Waals surface area contributed by atoms with Gasteiger partial charge in [-0.1, -0.05) is 17.8 Å². The van der Waals surface area contributed by atoms with Gasteiger partial charge in [-0.15, -0.1) is 0 Å². The normalized spacial score (nSPS) is 15.7. The number of hydrogen-bond donors (Lipinski definition) is 0. The maximum atomic E-state index is 12.4. The molecule has 19 heavy (non-hydrogen) atoms. The second-order valence-electron chi connectivity index (χ2n) is 5.12. The second kappa shape index (κ2) is 4.67. The number of fused-ring (bicyclic) bond motifs is 1. The number of hydrogen-bond acceptors (Lipinski definition) is 4. The van der Waals surface area contributed by atoms with Gasteiger partial charge in [-0.3, -0.25) is 9.36 Å². The third-order valence-electron chi connectivity index (χ3n) is 3.86. The van der Waals surface area contributed by atoms with Gasteiger partial charge in [0.2, 0.25) is 5.56 Å². The fraction of sp³-hybridized carbons (Fsp3) is 0.462. The van der Waals surface area contributed by atoms with E-state index in [4.69, 9.17) is 0 Å². The molecule has 0 aliphatic heterocycles. The Kier molecular flexibility index (Phi) is 3.13. The zero-order valence-electron chi connectivity index (χ0n) is 11.4. The first-order valence-corrected chi connectivity index (χ1v) is 7.78. The molecule has 1 aliphatic carbocycles. The lowest BCUT2D eigenvalue weighted by molar-refractivity contribution is 0.313. The third kappa shape index (κ3) is 1.98. The summed E-state index contributed by atoms with van der Waals surface area (Å²) in [5, 5.41) is 1.74. The van der Waals surface area contributed by atoms with E-state index in [0.717, 1.165) is 40.2 Å². The van der Waals surface area contributed by atoms with E-state index in [1.165, 1.54) is 18.2 Å². The summed E-state index contributed by atoms with van der Waals surface area (Å²) in [6, 6.07) is 2.24. The average molecular weight is 273 g/mol. The van der Waals surface area contributed by atoms with Crippen molar-refractivity contribution in [3.05, 3.63) is 22.1 Å². The highest BCUT2D eigenvalue weighted by Crippen LogP contribution is 2.32. The SMILES string of the molecule is Bc1cc2c(C)nc(SC)nc2n(C2CCC2)c1=O. The Bertz CT molecular complexity index is 709. The standard InChI is InChI=1S/C13H16BN3OS/c1-7-9-6-10(14)12(18)17(8-4-3-5-8)11(9)16-13(15-7)19-2/h6,8H,3-5,14H2,1-2H3. The summed E-state index contributed by atoms with van der Waals surface area (Å²) in [6.07, 6.45) is 5.32. The van der Waals surface area contributed by atoms with E-state index in [1.54, 1.807) is 0 Å². The Balaban J connectivity index is 2.39. The summed E-state index contributed by atoms with van der Waals surface area (Å²) in [5.74, 6) is 0. The highest BCUT2D eigenvalue weighted by molar-refractivity contribution is 7.98. The van der Waals surface area contributed by atoms with Crippen LogP contribution in [0, 0.1) is 6.92 Å². The molecular weight excluding hydrogens is 257 g/mol. The van der Waals surface area contributed by atoms with Crippen LogP contribution in [-0.4, -0.2) is 28.6 Å². The lowest BCUT2D eigenvalue weighted by atomic mass is 9.90. The topological polar surface area (TPSA) is 47.8 Å². The quantitative estimate of drug-likeness (QED) is 0.461. The predicted molar refractivity (Wildman–Crippen MR) is 81.4 cm³/mol. The zero-order chi connectivity index (χ0) is 13.6. The molecule has 3 rings (SSSR count). The van der Waals surface area contributed by atoms with Crippen molar-refractivity contribution in [2.24, 2.45) is 0 Å². The van der Waals surface area contributed by atoms with E-state index in [0.29, 0.717) is 6.04 Å². The molecule has 2 aromatic heterocycles. The molecule has 0 amide bonds. The fourth-order valence-electron chi connectivity index (χ4n) is 2.53. The van der Waals surface area contributed by atoms with Crippen molar-refractivity contribution in [3.63, 3.8) is 0 Å². The Morgan fingerprint density at radius 1 is 1.42 bits per heavy atom. The van der Waals surface area contributed by atoms with Crippen LogP contribution in [0.2, 0.25) is 0 Å². The van der Waals surface area contributed by atoms with Crippen LogP contribution >= 0.6 is 11.8 Å². The fourth-order valence-corrected chi connectivity index (χ4v) is 2.94. The molecule has 1 saturated carbocycles. The minimum absolute atomic E-state index is 0.0994. The van der Waals surface area contributed by atoms with Gasteiger partial charge in [0, 0.05) is 11.4 Å². The second-order valence-corrected chi connectivity index (χ2v) is 5.89. The van der Waals surface area contributed by atoms with E-state index in [-0.39, 0.29) is 5.56 Å². The van der Waals surface area contributed by atoms with Gasteiger partial charge < -0.3 is 0 Å². The number of nitrogens with zero attached hydrogens (tertiary/aromatic N) is 3. The van der Waals surface area contributed by atoms with Gasteiger partial charge in [-0.2, -0.15) is 0 Å². The summed E-state index contributed by atoms with van der Waals surface area (Å²) in [7, 11) is 1.87. The van der Waals surface area contributed by atoms with Gasteiger partial charge in [0.25, 0.3) is 0 Å². The van der Waals surface area contributed by atoms with Crippen molar-refractivity contribution in [3.8, 4) is 0 Å². The molecule has 0 radical (unpaired) electrons. The Hall–Kier alpha value is -1.30. The lowest BCUT2D eigenvalue weighted by Gasteiger charge is -2.29. The molecule has 6 heteroatoms. The van der Waals surface area contributed by atoms with Crippen LogP contribution in [0.5, 0.6) is 0 Å². The molecule has 4 nitrogen and oxygen atoms in total. The Morgan fingerprint density at radius 2 is 2.16 bits per heavy atom. The van der Waals surface area contributed by atoms with Crippen LogP contribution in [0.15, 0.2) is 16.0 Å². The number of pyridine rings is 1. The smallest absolute Gasteiger partial charge is 0.246 e. The molecule has 0 aromatic carbocycles. The van der Waals surface area contributed by atoms with Crippen molar-refractivity contribution in [2.75, 3.05) is 6.26 Å². The first kappa shape index (κ1) is 12.7. The number of thioether (sulfide) groups is 1. The van der Waals surface area contributed by atoms with Crippen LogP contribution < -0.4 is 11.0 Å². The van der Waals surface area contributed by atoms with Crippen LogP contribution in [-0.2, 0) is 0 Å². The van der Waals surface area contributed by atoms with Gasteiger partial charge in [-0.25, -0.2) is 9.97 Å². The summed E-state index contributed by atoms with van der Waals surface area (Å²) in [4.78, 5) is 21.5. The number of aryl methyl sites for hydroxylation is 1. The predicted octanol–water partition coefficient (Wildman–Crippen LogP) is 0.805.